The summed E-state index contributed by atoms with van der Waals surface area (Å²) in [5, 5.41) is 156. The Morgan fingerprint density at radius 3 is 1.93 bits per heavy atom. The first-order chi connectivity index (χ1) is 43.0. The fourth-order valence-corrected chi connectivity index (χ4v) is 18.5. The lowest BCUT2D eigenvalue weighted by atomic mass is 9.33. The van der Waals surface area contributed by atoms with Gasteiger partial charge in [0.15, 0.2) is 37.4 Å². The van der Waals surface area contributed by atoms with Crippen molar-refractivity contribution in [2.75, 3.05) is 33.0 Å². The highest BCUT2D eigenvalue weighted by atomic mass is 16.8. The predicted molar refractivity (Wildman–Crippen MR) is 306 cm³/mol. The zero-order valence-electron chi connectivity index (χ0n) is 53.4. The maximum atomic E-state index is 15.6. The minimum Gasteiger partial charge on any atom is -0.465 e. The fraction of sp³-hybridized carbons (Fsp3) is 0.921. The van der Waals surface area contributed by atoms with Crippen molar-refractivity contribution < 1.29 is 143 Å². The first-order valence-corrected chi connectivity index (χ1v) is 32.6. The minimum absolute atomic E-state index is 0.127. The lowest BCUT2D eigenvalue weighted by molar-refractivity contribution is -0.378. The van der Waals surface area contributed by atoms with Crippen molar-refractivity contribution in [2.24, 2.45) is 50.2 Å². The van der Waals surface area contributed by atoms with Crippen LogP contribution in [0.15, 0.2) is 11.6 Å². The molecule has 33 atom stereocenters. The molecule has 6 aliphatic heterocycles. The van der Waals surface area contributed by atoms with Gasteiger partial charge in [-0.2, -0.15) is 0 Å². The van der Waals surface area contributed by atoms with Crippen LogP contribution in [0.2, 0.25) is 0 Å². The second-order valence-electron chi connectivity index (χ2n) is 30.5. The summed E-state index contributed by atoms with van der Waals surface area (Å²) in [6.07, 6.45) is -34.3. The van der Waals surface area contributed by atoms with Gasteiger partial charge in [0.05, 0.1) is 75.2 Å². The molecule has 0 bridgehead atoms. The summed E-state index contributed by atoms with van der Waals surface area (Å²) in [6.45, 7) is 12.8. The van der Waals surface area contributed by atoms with Crippen molar-refractivity contribution in [2.45, 2.75) is 279 Å². The number of carbonyl (C=O) groups is 3. The van der Waals surface area contributed by atoms with E-state index >= 15 is 4.79 Å². The number of esters is 3. The Bertz CT molecular complexity index is 2700. The summed E-state index contributed by atoms with van der Waals surface area (Å²) < 4.78 is 72.2. The molecule has 6 heterocycles. The molecule has 0 aromatic rings. The zero-order chi connectivity index (χ0) is 66.9. The lowest BCUT2D eigenvalue weighted by Crippen LogP contribution is -2.70. The molecule has 0 spiro atoms. The van der Waals surface area contributed by atoms with Gasteiger partial charge in [0.25, 0.3) is 0 Å². The van der Waals surface area contributed by atoms with Gasteiger partial charge in [-0.3, -0.25) is 14.4 Å². The minimum atomic E-state index is -2.07. The van der Waals surface area contributed by atoms with Crippen LogP contribution in [0, 0.1) is 50.2 Å². The van der Waals surface area contributed by atoms with Crippen LogP contribution in [0.5, 0.6) is 0 Å². The van der Waals surface area contributed by atoms with Gasteiger partial charge >= 0.3 is 17.9 Å². The first kappa shape index (κ1) is 70.5. The van der Waals surface area contributed by atoms with Crippen LogP contribution in [0.3, 0.4) is 0 Å². The number of fused-ring (bicyclic) bond motifs is 11. The van der Waals surface area contributed by atoms with E-state index < -0.39 is 243 Å². The third-order valence-electron chi connectivity index (χ3n) is 23.9. The Labute approximate surface area is 533 Å². The summed E-state index contributed by atoms with van der Waals surface area (Å²) in [4.78, 5) is 43.1. The summed E-state index contributed by atoms with van der Waals surface area (Å²) >= 11 is 0. The molecule has 0 unspecified atom stereocenters. The van der Waals surface area contributed by atoms with Crippen molar-refractivity contribution in [3.63, 3.8) is 0 Å². The van der Waals surface area contributed by atoms with Gasteiger partial charge in [0, 0.05) is 5.41 Å². The third-order valence-corrected chi connectivity index (χ3v) is 23.9. The molecule has 11 aliphatic rings. The van der Waals surface area contributed by atoms with Crippen molar-refractivity contribution in [1.29, 1.82) is 0 Å². The van der Waals surface area contributed by atoms with E-state index in [-0.39, 0.29) is 30.3 Å². The van der Waals surface area contributed by atoms with E-state index in [9.17, 15) is 81.1 Å². The Morgan fingerprint density at radius 2 is 1.23 bits per heavy atom. The Morgan fingerprint density at radius 1 is 0.587 bits per heavy atom. The Balaban J connectivity index is 0.881. The number of hydrogen-bond donors (Lipinski definition) is 14. The largest absolute Gasteiger partial charge is 0.465 e. The molecule has 10 fully saturated rings. The standard InChI is InChI=1S/C63H98O29/c1-26-38(71)46(88-51-44(77)39(72)30(66)22-81-51)45(78)52(85-26)89-48-41(74)32(68)24-83-54(48)92-56(79)63-15-13-57(2,3)17-28(63)27-9-10-35-59(5)18-29(65)50-60(6,34(59)11-12-62(35,8)61(27,7)14-16-63)25-84-36(69)19-58(4,80)20-37(70)87-47-40(73)31(67)23-82-53(47)90-49-43(76)42(75)33(21-64)86-55(49)91-50/h9,26,28-35,38-55,64-68,71-78,80H,10-25H2,1-8H3/t26-,28-,29-,30+,31-,32-,33+,34+,35+,38-,39-,40-,41-,42+,43-,44+,45+,46+,47+,48+,49+,50-,51-,52-,53-,54-,55-,58-,59-,60-,61+,62+,63-/m0/s1. The highest BCUT2D eigenvalue weighted by Gasteiger charge is 2.72. The molecule has 5 aliphatic carbocycles. The molecule has 0 amide bonds. The van der Waals surface area contributed by atoms with Crippen LogP contribution in [0.1, 0.15) is 126 Å². The third kappa shape index (κ3) is 12.2. The van der Waals surface area contributed by atoms with E-state index in [0.717, 1.165) is 5.57 Å². The van der Waals surface area contributed by atoms with Crippen LogP contribution in [0.25, 0.3) is 0 Å². The van der Waals surface area contributed by atoms with Crippen molar-refractivity contribution in [3.05, 3.63) is 11.6 Å². The molecule has 6 saturated heterocycles. The molecule has 0 aromatic heterocycles. The number of carbonyl (C=O) groups excluding carboxylic acids is 3. The summed E-state index contributed by atoms with van der Waals surface area (Å²) in [6, 6.07) is 0. The normalized spacial score (nSPS) is 54.2. The van der Waals surface area contributed by atoms with Crippen LogP contribution in [-0.2, 0) is 71.2 Å². The maximum absolute atomic E-state index is 15.6. The molecule has 29 heteroatoms. The highest BCUT2D eigenvalue weighted by Crippen LogP contribution is 2.76. The highest BCUT2D eigenvalue weighted by molar-refractivity contribution is 5.79. The SMILES string of the molecule is C[C@@H]1O[C@@H](O[C@H]2[C@H](OC(=O)[C@]34CCC(C)(C)C[C@H]3C3=CC[C@@H]5[C@@]6(C)C[C@H](O)[C@@H]7O[C@@H]8O[C@H](CO)[C@@H](O)[C@H](O)[C@H]8O[C@@H]8OC[C@H](O)[C@H](O)[C@H]8OC(=O)C[C@@](C)(O)CC(=O)OC[C@@]7(C)[C@@H]6CC[C@@]5(C)[C@]3(C)CC4)OC[C@H](O)[C@@H]2O)[C@H](O)[C@H](O[C@@H]2OC[C@@H](O)[C@H](O)[C@H]2O)[C@H]1O. The van der Waals surface area contributed by atoms with E-state index in [0.29, 0.717) is 51.4 Å². The van der Waals surface area contributed by atoms with Gasteiger partial charge in [-0.05, 0) is 111 Å². The average Bonchev–Trinajstić information content (AvgIpc) is 0.674. The van der Waals surface area contributed by atoms with Gasteiger partial charge in [-0.15, -0.1) is 0 Å². The van der Waals surface area contributed by atoms with Crippen molar-refractivity contribution >= 4 is 17.9 Å². The molecular formula is C63H98O29. The summed E-state index contributed by atoms with van der Waals surface area (Å²) in [7, 11) is 0. The van der Waals surface area contributed by atoms with E-state index in [2.05, 4.69) is 40.7 Å². The lowest BCUT2D eigenvalue weighted by Gasteiger charge is -2.72. The number of hydrogen-bond acceptors (Lipinski definition) is 29. The van der Waals surface area contributed by atoms with Gasteiger partial charge in [0.1, 0.15) is 85.5 Å². The van der Waals surface area contributed by atoms with Gasteiger partial charge in [0.2, 0.25) is 6.29 Å². The Hall–Kier alpha value is -2.77. The molecule has 4 saturated carbocycles. The molecule has 0 radical (unpaired) electrons. The van der Waals surface area contributed by atoms with Crippen molar-refractivity contribution in [3.8, 4) is 0 Å². The number of cyclic esters (lactones) is 1. The zero-order valence-corrected chi connectivity index (χ0v) is 53.4. The van der Waals surface area contributed by atoms with Gasteiger partial charge in [-0.25, -0.2) is 0 Å². The summed E-state index contributed by atoms with van der Waals surface area (Å²) in [5.41, 5.74) is -5.58. The molecule has 0 aromatic carbocycles. The maximum Gasteiger partial charge on any atom is 0.315 e. The molecule has 92 heavy (non-hydrogen) atoms. The molecule has 29 nitrogen and oxygen atoms in total. The van der Waals surface area contributed by atoms with E-state index in [1.54, 1.807) is 0 Å². The first-order valence-electron chi connectivity index (χ1n) is 32.6. The molecular weight excluding hydrogens is 1220 g/mol. The van der Waals surface area contributed by atoms with E-state index in [1.807, 2.05) is 6.92 Å². The monoisotopic (exact) mass is 1320 g/mol. The topological polar surface area (TPSA) is 445 Å². The smallest absolute Gasteiger partial charge is 0.315 e. The number of rotatable bonds is 7. The molecule has 524 valence electrons. The van der Waals surface area contributed by atoms with Gasteiger partial charge in [-0.1, -0.05) is 53.2 Å². The number of allylic oxidation sites excluding steroid dienone is 2. The molecule has 14 N–H and O–H groups in total. The van der Waals surface area contributed by atoms with Crippen LogP contribution in [-0.4, -0.2) is 275 Å². The summed E-state index contributed by atoms with van der Waals surface area (Å²) in [5.74, 6) is -3.64. The van der Waals surface area contributed by atoms with Crippen molar-refractivity contribution in [1.82, 2.24) is 0 Å². The second-order valence-corrected chi connectivity index (χ2v) is 30.5. The number of ether oxygens (including phenoxy) is 12. The predicted octanol–water partition coefficient (Wildman–Crippen LogP) is -2.68. The quantitative estimate of drug-likeness (QED) is 0.0535. The molecule has 11 rings (SSSR count). The van der Waals surface area contributed by atoms with Crippen LogP contribution < -0.4 is 0 Å². The van der Waals surface area contributed by atoms with Crippen LogP contribution in [0.4, 0.5) is 0 Å². The number of aliphatic hydroxyl groups excluding tert-OH is 13. The van der Waals surface area contributed by atoms with Gasteiger partial charge < -0.3 is 128 Å². The fourth-order valence-electron chi connectivity index (χ4n) is 18.5. The Kier molecular flexibility index (Phi) is 19.8. The van der Waals surface area contributed by atoms with E-state index in [4.69, 9.17) is 56.8 Å². The second kappa shape index (κ2) is 25.8. The number of aliphatic hydroxyl groups is 14. The average molecular weight is 1320 g/mol. The van der Waals surface area contributed by atoms with Crippen LogP contribution >= 0.6 is 0 Å². The van der Waals surface area contributed by atoms with E-state index in [1.165, 1.54) is 13.8 Å².